The third-order valence-electron chi connectivity index (χ3n) is 4.29. The number of ether oxygens (including phenoxy) is 1. The maximum absolute atomic E-state index is 14.7. The van der Waals surface area contributed by atoms with Gasteiger partial charge in [0.25, 0.3) is 0 Å². The first-order chi connectivity index (χ1) is 12.6. The molecule has 0 amide bonds. The molecule has 3 aromatic rings. The smallest absolute Gasteiger partial charge is 0.244 e. The summed E-state index contributed by atoms with van der Waals surface area (Å²) in [6, 6.07) is 15.8. The average molecular weight is 367 g/mol. The van der Waals surface area contributed by atoms with Gasteiger partial charge in [-0.15, -0.1) is 5.10 Å². The van der Waals surface area contributed by atoms with Gasteiger partial charge in [0, 0.05) is 10.6 Å². The Balaban J connectivity index is 2.02. The number of rotatable bonds is 2. The lowest BCUT2D eigenvalue weighted by Gasteiger charge is -2.25. The first-order valence-corrected chi connectivity index (χ1v) is 8.14. The van der Waals surface area contributed by atoms with Gasteiger partial charge in [-0.05, 0) is 17.7 Å². The molecule has 3 N–H and O–H groups in total. The highest BCUT2D eigenvalue weighted by atomic mass is 35.5. The molecule has 1 atom stereocenters. The molecule has 1 aliphatic rings. The fourth-order valence-electron chi connectivity index (χ4n) is 3.15. The lowest BCUT2D eigenvalue weighted by molar-refractivity contribution is 0.378. The number of nitriles is 1. The minimum absolute atomic E-state index is 0.0862. The van der Waals surface area contributed by atoms with Crippen LogP contribution in [0.4, 0.5) is 4.39 Å². The molecule has 5 nitrogen and oxygen atoms in total. The summed E-state index contributed by atoms with van der Waals surface area (Å²) in [5.41, 5.74) is 8.10. The van der Waals surface area contributed by atoms with E-state index in [1.54, 1.807) is 6.07 Å². The van der Waals surface area contributed by atoms with Crippen LogP contribution in [0.5, 0.6) is 5.88 Å². The van der Waals surface area contributed by atoms with Gasteiger partial charge < -0.3 is 10.5 Å². The van der Waals surface area contributed by atoms with Crippen LogP contribution in [0.1, 0.15) is 17.0 Å². The number of allylic oxidation sites excluding steroid dienone is 1. The van der Waals surface area contributed by atoms with Gasteiger partial charge in [-0.1, -0.05) is 48.0 Å². The predicted octanol–water partition coefficient (Wildman–Crippen LogP) is 4.09. The highest BCUT2D eigenvalue weighted by Gasteiger charge is 2.38. The Morgan fingerprint density at radius 3 is 2.62 bits per heavy atom. The van der Waals surface area contributed by atoms with Crippen LogP contribution in [0.2, 0.25) is 5.02 Å². The number of nitrogens with one attached hydrogen (secondary N) is 1. The molecule has 2 heterocycles. The van der Waals surface area contributed by atoms with Crippen LogP contribution in [-0.4, -0.2) is 10.2 Å². The Labute approximate surface area is 153 Å². The van der Waals surface area contributed by atoms with Crippen molar-refractivity contribution in [3.05, 3.63) is 82.0 Å². The number of nitrogens with zero attached hydrogens (tertiary/aromatic N) is 2. The maximum atomic E-state index is 14.7. The quantitative estimate of drug-likeness (QED) is 0.715. The lowest BCUT2D eigenvalue weighted by Crippen LogP contribution is -2.21. The van der Waals surface area contributed by atoms with Crippen molar-refractivity contribution in [2.24, 2.45) is 5.73 Å². The van der Waals surface area contributed by atoms with Gasteiger partial charge in [0.2, 0.25) is 11.8 Å². The Hall–Kier alpha value is -3.30. The Morgan fingerprint density at radius 1 is 1.15 bits per heavy atom. The van der Waals surface area contributed by atoms with Gasteiger partial charge in [0.15, 0.2) is 0 Å². The van der Waals surface area contributed by atoms with Gasteiger partial charge in [0.1, 0.15) is 17.5 Å². The first-order valence-electron chi connectivity index (χ1n) is 7.77. The van der Waals surface area contributed by atoms with Gasteiger partial charge in [-0.2, -0.15) is 5.26 Å². The number of aromatic amines is 1. The summed E-state index contributed by atoms with van der Waals surface area (Å²) in [4.78, 5) is 0. The number of benzene rings is 2. The molecule has 0 radical (unpaired) electrons. The molecular formula is C19H12ClFN4O. The number of halogens is 2. The van der Waals surface area contributed by atoms with Crippen LogP contribution in [-0.2, 0) is 0 Å². The molecule has 1 aromatic heterocycles. The van der Waals surface area contributed by atoms with Gasteiger partial charge >= 0.3 is 0 Å². The second-order valence-corrected chi connectivity index (χ2v) is 6.15. The second-order valence-electron chi connectivity index (χ2n) is 5.74. The van der Waals surface area contributed by atoms with Crippen LogP contribution < -0.4 is 10.5 Å². The summed E-state index contributed by atoms with van der Waals surface area (Å²) in [5.74, 6) is -1.28. The number of nitrogens with two attached hydrogens (primary N) is 1. The molecule has 26 heavy (non-hydrogen) atoms. The second kappa shape index (κ2) is 6.21. The van der Waals surface area contributed by atoms with E-state index in [1.807, 2.05) is 36.4 Å². The van der Waals surface area contributed by atoms with Crippen molar-refractivity contribution in [1.82, 2.24) is 10.2 Å². The molecule has 1 aliphatic heterocycles. The molecule has 1 unspecified atom stereocenters. The number of hydrogen-bond acceptors (Lipinski definition) is 4. The zero-order valence-electron chi connectivity index (χ0n) is 13.3. The van der Waals surface area contributed by atoms with Crippen LogP contribution in [0.15, 0.2) is 60.0 Å². The maximum Gasteiger partial charge on any atom is 0.244 e. The monoisotopic (exact) mass is 366 g/mol. The number of aromatic nitrogens is 2. The first kappa shape index (κ1) is 16.2. The van der Waals surface area contributed by atoms with Gasteiger partial charge in [-0.25, -0.2) is 4.39 Å². The largest absolute Gasteiger partial charge is 0.420 e. The Morgan fingerprint density at radius 2 is 1.92 bits per heavy atom. The van der Waals surface area contributed by atoms with E-state index in [2.05, 4.69) is 10.2 Å². The third-order valence-corrected chi connectivity index (χ3v) is 4.62. The number of hydrogen-bond donors (Lipinski definition) is 2. The summed E-state index contributed by atoms with van der Waals surface area (Å²) in [6.45, 7) is 0. The van der Waals surface area contributed by atoms with E-state index >= 15 is 0 Å². The van der Waals surface area contributed by atoms with Gasteiger partial charge in [0.05, 0.1) is 17.2 Å². The van der Waals surface area contributed by atoms with Crippen LogP contribution >= 0.6 is 11.6 Å². The van der Waals surface area contributed by atoms with Gasteiger partial charge in [-0.3, -0.25) is 5.10 Å². The standard InChI is InChI=1S/C19H12ClFN4O/c20-12-7-4-8-13(21)15(12)14-11(9-22)18(23)26-19-16(14)17(24-25-19)10-5-2-1-3-6-10/h1-8,14H,23H2,(H,24,25). The SMILES string of the molecule is N#CC1=C(N)Oc2n[nH]c(-c3ccccc3)c2C1c1c(F)cccc1Cl. The summed E-state index contributed by atoms with van der Waals surface area (Å²) in [5, 5.41) is 16.9. The van der Waals surface area contributed by atoms with Crippen molar-refractivity contribution in [2.75, 3.05) is 0 Å². The van der Waals surface area contributed by atoms with E-state index in [9.17, 15) is 9.65 Å². The average Bonchev–Trinajstić information content (AvgIpc) is 3.05. The minimum atomic E-state index is -0.827. The Bertz CT molecular complexity index is 1050. The van der Waals surface area contributed by atoms with E-state index in [0.29, 0.717) is 11.3 Å². The molecule has 0 fully saturated rings. The summed E-state index contributed by atoms with van der Waals surface area (Å²) in [7, 11) is 0. The van der Waals surface area contributed by atoms with Crippen LogP contribution in [0.25, 0.3) is 11.3 Å². The Kier molecular flexibility index (Phi) is 3.86. The summed E-state index contributed by atoms with van der Waals surface area (Å²) < 4.78 is 20.2. The molecule has 0 saturated heterocycles. The van der Waals surface area contributed by atoms with Crippen molar-refractivity contribution in [3.8, 4) is 23.2 Å². The fourth-order valence-corrected chi connectivity index (χ4v) is 3.42. The van der Waals surface area contributed by atoms with E-state index in [-0.39, 0.29) is 27.9 Å². The van der Waals surface area contributed by atoms with Crippen molar-refractivity contribution < 1.29 is 9.13 Å². The molecule has 0 spiro atoms. The van der Waals surface area contributed by atoms with Crippen molar-refractivity contribution in [1.29, 1.82) is 5.26 Å². The highest BCUT2D eigenvalue weighted by molar-refractivity contribution is 6.31. The molecule has 0 saturated carbocycles. The predicted molar refractivity (Wildman–Crippen MR) is 94.7 cm³/mol. The molecular weight excluding hydrogens is 355 g/mol. The van der Waals surface area contributed by atoms with Crippen molar-refractivity contribution in [2.45, 2.75) is 5.92 Å². The topological polar surface area (TPSA) is 87.7 Å². The molecule has 2 aromatic carbocycles. The van der Waals surface area contributed by atoms with E-state index < -0.39 is 11.7 Å². The highest BCUT2D eigenvalue weighted by Crippen LogP contribution is 2.47. The molecule has 4 rings (SSSR count). The zero-order chi connectivity index (χ0) is 18.3. The van der Waals surface area contributed by atoms with Crippen molar-refractivity contribution >= 4 is 11.6 Å². The van der Waals surface area contributed by atoms with Crippen molar-refractivity contribution in [3.63, 3.8) is 0 Å². The van der Waals surface area contributed by atoms with Crippen LogP contribution in [0, 0.1) is 17.1 Å². The van der Waals surface area contributed by atoms with E-state index in [1.165, 1.54) is 12.1 Å². The van der Waals surface area contributed by atoms with E-state index in [4.69, 9.17) is 22.1 Å². The zero-order valence-corrected chi connectivity index (χ0v) is 14.1. The summed E-state index contributed by atoms with van der Waals surface area (Å²) >= 11 is 6.28. The molecule has 7 heteroatoms. The van der Waals surface area contributed by atoms with E-state index in [0.717, 1.165) is 5.56 Å². The lowest BCUT2D eigenvalue weighted by atomic mass is 9.82. The number of H-pyrrole nitrogens is 1. The van der Waals surface area contributed by atoms with Crippen LogP contribution in [0.3, 0.4) is 0 Å². The molecule has 0 bridgehead atoms. The molecule has 0 aliphatic carbocycles. The third kappa shape index (κ3) is 2.41. The molecule has 128 valence electrons. The fraction of sp³-hybridized carbons (Fsp3) is 0.0526. The summed E-state index contributed by atoms with van der Waals surface area (Å²) in [6.07, 6.45) is 0. The normalized spacial score (nSPS) is 16.0. The minimum Gasteiger partial charge on any atom is -0.420 e. The number of fused-ring (bicyclic) bond motifs is 1.